The number of amides is 3. The van der Waals surface area contributed by atoms with E-state index in [2.05, 4.69) is 10.6 Å². The Labute approximate surface area is 149 Å². The molecule has 0 saturated carbocycles. The highest BCUT2D eigenvalue weighted by atomic mass is 16.5. The van der Waals surface area contributed by atoms with Crippen LogP contribution >= 0.6 is 0 Å². The molecule has 0 bridgehead atoms. The van der Waals surface area contributed by atoms with Crippen molar-refractivity contribution in [2.24, 2.45) is 5.41 Å². The van der Waals surface area contributed by atoms with E-state index in [-0.39, 0.29) is 11.9 Å². The van der Waals surface area contributed by atoms with E-state index >= 15 is 0 Å². The van der Waals surface area contributed by atoms with Gasteiger partial charge in [-0.05, 0) is 43.9 Å². The Hall–Kier alpha value is -2.24. The van der Waals surface area contributed by atoms with Gasteiger partial charge in [-0.2, -0.15) is 0 Å². The third-order valence-electron chi connectivity index (χ3n) is 4.65. The summed E-state index contributed by atoms with van der Waals surface area (Å²) in [4.78, 5) is 26.7. The number of rotatable bonds is 6. The third-order valence-corrected chi connectivity index (χ3v) is 4.65. The van der Waals surface area contributed by atoms with Gasteiger partial charge in [-0.3, -0.25) is 4.79 Å². The molecule has 138 valence electrons. The summed E-state index contributed by atoms with van der Waals surface area (Å²) in [7, 11) is 1.62. The minimum atomic E-state index is -0.555. The molecule has 0 aliphatic carbocycles. The Bertz CT molecular complexity index is 605. The van der Waals surface area contributed by atoms with Crippen molar-refractivity contribution in [2.75, 3.05) is 26.7 Å². The molecule has 1 aliphatic heterocycles. The highest BCUT2D eigenvalue weighted by Crippen LogP contribution is 2.30. The zero-order chi connectivity index (χ0) is 18.3. The summed E-state index contributed by atoms with van der Waals surface area (Å²) in [6, 6.07) is 7.57. The van der Waals surface area contributed by atoms with Crippen LogP contribution in [0.5, 0.6) is 5.75 Å². The van der Waals surface area contributed by atoms with Gasteiger partial charge in [0.25, 0.3) is 0 Å². The van der Waals surface area contributed by atoms with Crippen molar-refractivity contribution >= 4 is 11.9 Å². The van der Waals surface area contributed by atoms with Gasteiger partial charge in [-0.1, -0.05) is 19.1 Å². The van der Waals surface area contributed by atoms with E-state index in [0.717, 1.165) is 30.6 Å². The number of methoxy groups -OCH3 is 1. The maximum atomic E-state index is 12.7. The SMILES string of the molecule is CCCNC(=O)N1CCCC(C)(C(=O)NCc2cccc(OC)c2)C1. The Morgan fingerprint density at radius 3 is 2.84 bits per heavy atom. The van der Waals surface area contributed by atoms with Gasteiger partial charge < -0.3 is 20.3 Å². The maximum absolute atomic E-state index is 12.7. The van der Waals surface area contributed by atoms with Gasteiger partial charge in [-0.15, -0.1) is 0 Å². The van der Waals surface area contributed by atoms with Gasteiger partial charge in [0.1, 0.15) is 5.75 Å². The van der Waals surface area contributed by atoms with E-state index in [4.69, 9.17) is 4.74 Å². The van der Waals surface area contributed by atoms with E-state index < -0.39 is 5.41 Å². The van der Waals surface area contributed by atoms with Crippen LogP contribution in [0.3, 0.4) is 0 Å². The van der Waals surface area contributed by atoms with Crippen LogP contribution in [0.1, 0.15) is 38.7 Å². The summed E-state index contributed by atoms with van der Waals surface area (Å²) in [5, 5.41) is 5.90. The van der Waals surface area contributed by atoms with Crippen LogP contribution in [0.2, 0.25) is 0 Å². The van der Waals surface area contributed by atoms with Crippen LogP contribution in [0.25, 0.3) is 0 Å². The zero-order valence-corrected chi connectivity index (χ0v) is 15.4. The monoisotopic (exact) mass is 347 g/mol. The fourth-order valence-corrected chi connectivity index (χ4v) is 3.12. The van der Waals surface area contributed by atoms with Crippen molar-refractivity contribution in [1.29, 1.82) is 0 Å². The minimum Gasteiger partial charge on any atom is -0.497 e. The highest BCUT2D eigenvalue weighted by molar-refractivity contribution is 5.84. The Kier molecular flexibility index (Phi) is 6.67. The molecule has 2 rings (SSSR count). The molecule has 0 radical (unpaired) electrons. The summed E-state index contributed by atoms with van der Waals surface area (Å²) in [6.45, 7) is 6.22. The Morgan fingerprint density at radius 2 is 2.12 bits per heavy atom. The normalized spacial score (nSPS) is 20.0. The van der Waals surface area contributed by atoms with Crippen LogP contribution in [0, 0.1) is 5.41 Å². The third kappa shape index (κ3) is 5.11. The summed E-state index contributed by atoms with van der Waals surface area (Å²) in [5.74, 6) is 0.762. The molecule has 1 aliphatic rings. The number of hydrogen-bond acceptors (Lipinski definition) is 3. The fourth-order valence-electron chi connectivity index (χ4n) is 3.12. The maximum Gasteiger partial charge on any atom is 0.317 e. The Morgan fingerprint density at radius 1 is 1.32 bits per heavy atom. The van der Waals surface area contributed by atoms with Gasteiger partial charge in [0.05, 0.1) is 12.5 Å². The quantitative estimate of drug-likeness (QED) is 0.831. The molecule has 0 aromatic heterocycles. The minimum absolute atomic E-state index is 0.0108. The van der Waals surface area contributed by atoms with Crippen molar-refractivity contribution in [3.05, 3.63) is 29.8 Å². The number of urea groups is 1. The zero-order valence-electron chi connectivity index (χ0n) is 15.4. The number of nitrogens with zero attached hydrogens (tertiary/aromatic N) is 1. The second-order valence-electron chi connectivity index (χ2n) is 6.85. The first kappa shape index (κ1) is 19.1. The number of carbonyl (C=O) groups is 2. The summed E-state index contributed by atoms with van der Waals surface area (Å²) in [6.07, 6.45) is 2.52. The molecule has 1 fully saturated rings. The molecule has 6 nitrogen and oxygen atoms in total. The van der Waals surface area contributed by atoms with E-state index in [1.807, 2.05) is 38.1 Å². The molecule has 1 aromatic rings. The fraction of sp³-hybridized carbons (Fsp3) is 0.579. The molecule has 2 N–H and O–H groups in total. The lowest BCUT2D eigenvalue weighted by Crippen LogP contribution is -2.54. The van der Waals surface area contributed by atoms with Gasteiger partial charge in [0.15, 0.2) is 0 Å². The van der Waals surface area contributed by atoms with Crippen LogP contribution < -0.4 is 15.4 Å². The molecular formula is C19H29N3O3. The summed E-state index contributed by atoms with van der Waals surface area (Å²) < 4.78 is 5.21. The average molecular weight is 347 g/mol. The van der Waals surface area contributed by atoms with E-state index in [9.17, 15) is 9.59 Å². The van der Waals surface area contributed by atoms with E-state index in [0.29, 0.717) is 26.2 Å². The second kappa shape index (κ2) is 8.74. The van der Waals surface area contributed by atoms with Gasteiger partial charge >= 0.3 is 6.03 Å². The number of piperidine rings is 1. The molecule has 1 aromatic carbocycles. The van der Waals surface area contributed by atoms with Crippen LogP contribution in [0.15, 0.2) is 24.3 Å². The first-order valence-electron chi connectivity index (χ1n) is 8.92. The Balaban J connectivity index is 1.93. The molecular weight excluding hydrogens is 318 g/mol. The molecule has 3 amide bonds. The second-order valence-corrected chi connectivity index (χ2v) is 6.85. The molecule has 1 heterocycles. The first-order chi connectivity index (χ1) is 12.0. The molecule has 25 heavy (non-hydrogen) atoms. The largest absolute Gasteiger partial charge is 0.497 e. The lowest BCUT2D eigenvalue weighted by Gasteiger charge is -2.39. The number of likely N-dealkylation sites (tertiary alicyclic amines) is 1. The lowest BCUT2D eigenvalue weighted by molar-refractivity contribution is -0.132. The predicted octanol–water partition coefficient (Wildman–Crippen LogP) is 2.53. The lowest BCUT2D eigenvalue weighted by atomic mass is 9.81. The molecule has 1 atom stereocenters. The van der Waals surface area contributed by atoms with Crippen LogP contribution in [-0.2, 0) is 11.3 Å². The molecule has 1 unspecified atom stereocenters. The number of hydrogen-bond donors (Lipinski definition) is 2. The van der Waals surface area contributed by atoms with Crippen molar-refractivity contribution in [2.45, 2.75) is 39.7 Å². The number of carbonyl (C=O) groups excluding carboxylic acids is 2. The van der Waals surface area contributed by atoms with Crippen molar-refractivity contribution in [3.8, 4) is 5.75 Å². The van der Waals surface area contributed by atoms with Gasteiger partial charge in [0.2, 0.25) is 5.91 Å². The van der Waals surface area contributed by atoms with Crippen LogP contribution in [-0.4, -0.2) is 43.6 Å². The van der Waals surface area contributed by atoms with Crippen molar-refractivity contribution in [1.82, 2.24) is 15.5 Å². The van der Waals surface area contributed by atoms with E-state index in [1.165, 1.54) is 0 Å². The standard InChI is InChI=1S/C19H29N3O3/c1-4-10-20-18(24)22-11-6-9-19(2,14-22)17(23)21-13-15-7-5-8-16(12-15)25-3/h5,7-8,12H,4,6,9-11,13-14H2,1-3H3,(H,20,24)(H,21,23). The van der Waals surface area contributed by atoms with Crippen molar-refractivity contribution < 1.29 is 14.3 Å². The summed E-state index contributed by atoms with van der Waals surface area (Å²) >= 11 is 0. The first-order valence-corrected chi connectivity index (χ1v) is 8.92. The van der Waals surface area contributed by atoms with Crippen molar-refractivity contribution in [3.63, 3.8) is 0 Å². The molecule has 1 saturated heterocycles. The molecule has 6 heteroatoms. The predicted molar refractivity (Wildman–Crippen MR) is 97.4 cm³/mol. The number of nitrogens with one attached hydrogen (secondary N) is 2. The smallest absolute Gasteiger partial charge is 0.317 e. The topological polar surface area (TPSA) is 70.7 Å². The number of ether oxygens (including phenoxy) is 1. The van der Waals surface area contributed by atoms with Gasteiger partial charge in [0, 0.05) is 26.2 Å². The summed E-state index contributed by atoms with van der Waals surface area (Å²) in [5.41, 5.74) is 0.436. The average Bonchev–Trinajstić information content (AvgIpc) is 2.64. The van der Waals surface area contributed by atoms with E-state index in [1.54, 1.807) is 12.0 Å². The van der Waals surface area contributed by atoms with Crippen LogP contribution in [0.4, 0.5) is 4.79 Å². The molecule has 0 spiro atoms. The highest BCUT2D eigenvalue weighted by Gasteiger charge is 2.39. The van der Waals surface area contributed by atoms with Gasteiger partial charge in [-0.25, -0.2) is 4.79 Å². The number of benzene rings is 1.